The van der Waals surface area contributed by atoms with Crippen molar-refractivity contribution >= 4 is 0 Å². The second kappa shape index (κ2) is 6.19. The number of nitrogens with zero attached hydrogens (tertiary/aromatic N) is 1. The van der Waals surface area contributed by atoms with Crippen LogP contribution in [0.4, 0.5) is 0 Å². The van der Waals surface area contributed by atoms with Gasteiger partial charge in [-0.05, 0) is 25.3 Å². The van der Waals surface area contributed by atoms with Gasteiger partial charge in [-0.2, -0.15) is 0 Å². The lowest BCUT2D eigenvalue weighted by atomic mass is 9.95. The van der Waals surface area contributed by atoms with Crippen LogP contribution in [0.5, 0.6) is 0 Å². The summed E-state index contributed by atoms with van der Waals surface area (Å²) in [6, 6.07) is 2.04. The second-order valence-electron chi connectivity index (χ2n) is 4.42. The smallest absolute Gasteiger partial charge is 0.0807 e. The Bertz CT molecular complexity index is 348. The predicted molar refractivity (Wildman–Crippen MR) is 65.0 cm³/mol. The van der Waals surface area contributed by atoms with E-state index in [1.54, 1.807) is 7.11 Å². The van der Waals surface area contributed by atoms with Crippen molar-refractivity contribution in [2.24, 2.45) is 0 Å². The van der Waals surface area contributed by atoms with Crippen LogP contribution < -0.4 is 0 Å². The molecule has 0 radical (unpaired) electrons. The molecule has 1 aliphatic carbocycles. The Hall–Kier alpha value is -0.840. The Morgan fingerprint density at radius 2 is 2.29 bits per heavy atom. The molecule has 1 N–H and O–H groups in total. The van der Waals surface area contributed by atoms with Crippen molar-refractivity contribution in [2.45, 2.75) is 31.9 Å². The number of fused-ring (bicyclic) bond motifs is 1. The maximum atomic E-state index is 9.86. The molecule has 17 heavy (non-hydrogen) atoms. The first-order chi connectivity index (χ1) is 8.33. The van der Waals surface area contributed by atoms with Gasteiger partial charge in [0.25, 0.3) is 0 Å². The third kappa shape index (κ3) is 3.09. The molecule has 96 valence electrons. The third-order valence-corrected chi connectivity index (χ3v) is 3.27. The van der Waals surface area contributed by atoms with Crippen molar-refractivity contribution in [1.29, 1.82) is 0 Å². The van der Waals surface area contributed by atoms with Gasteiger partial charge in [0.2, 0.25) is 0 Å². The summed E-state index contributed by atoms with van der Waals surface area (Å²) < 4.78 is 12.6. The van der Waals surface area contributed by atoms with Gasteiger partial charge >= 0.3 is 0 Å². The Morgan fingerprint density at radius 1 is 1.41 bits per heavy atom. The van der Waals surface area contributed by atoms with Gasteiger partial charge in [-0.25, -0.2) is 0 Å². The quantitative estimate of drug-likeness (QED) is 0.765. The van der Waals surface area contributed by atoms with Crippen LogP contribution in [0.2, 0.25) is 0 Å². The van der Waals surface area contributed by atoms with Gasteiger partial charge in [0.1, 0.15) is 0 Å². The lowest BCUT2D eigenvalue weighted by Gasteiger charge is -2.20. The van der Waals surface area contributed by atoms with Crippen LogP contribution in [0.15, 0.2) is 12.3 Å². The number of ether oxygens (including phenoxy) is 2. The van der Waals surface area contributed by atoms with E-state index in [-0.39, 0.29) is 6.10 Å². The average Bonchev–Trinajstić information content (AvgIpc) is 2.74. The SMILES string of the molecule is COCCOCCn1ccc2c1CCCC2O. The highest BCUT2D eigenvalue weighted by Gasteiger charge is 2.20. The fourth-order valence-corrected chi connectivity index (χ4v) is 2.35. The number of hydrogen-bond donors (Lipinski definition) is 1. The highest BCUT2D eigenvalue weighted by atomic mass is 16.5. The van der Waals surface area contributed by atoms with Crippen molar-refractivity contribution in [1.82, 2.24) is 4.57 Å². The first-order valence-corrected chi connectivity index (χ1v) is 6.25. The lowest BCUT2D eigenvalue weighted by molar-refractivity contribution is 0.0661. The van der Waals surface area contributed by atoms with Gasteiger partial charge in [-0.1, -0.05) is 0 Å². The molecular formula is C13H21NO3. The second-order valence-corrected chi connectivity index (χ2v) is 4.42. The highest BCUT2D eigenvalue weighted by molar-refractivity contribution is 5.27. The summed E-state index contributed by atoms with van der Waals surface area (Å²) in [4.78, 5) is 0. The van der Waals surface area contributed by atoms with Gasteiger partial charge in [-0.3, -0.25) is 0 Å². The molecule has 4 nitrogen and oxygen atoms in total. The van der Waals surface area contributed by atoms with Crippen molar-refractivity contribution in [2.75, 3.05) is 26.9 Å². The van der Waals surface area contributed by atoms with E-state index in [2.05, 4.69) is 10.8 Å². The summed E-state index contributed by atoms with van der Waals surface area (Å²) in [5.41, 5.74) is 2.38. The van der Waals surface area contributed by atoms with E-state index in [1.165, 1.54) is 5.69 Å². The minimum atomic E-state index is -0.269. The minimum absolute atomic E-state index is 0.269. The summed E-state index contributed by atoms with van der Waals surface area (Å²) in [5.74, 6) is 0. The van der Waals surface area contributed by atoms with Gasteiger partial charge < -0.3 is 19.1 Å². The first kappa shape index (κ1) is 12.6. The van der Waals surface area contributed by atoms with Crippen molar-refractivity contribution < 1.29 is 14.6 Å². The van der Waals surface area contributed by atoms with Crippen LogP contribution in [-0.4, -0.2) is 36.6 Å². The molecule has 0 fully saturated rings. The molecule has 2 rings (SSSR count). The lowest BCUT2D eigenvalue weighted by Crippen LogP contribution is -2.14. The monoisotopic (exact) mass is 239 g/mol. The van der Waals surface area contributed by atoms with Crippen LogP contribution in [0.25, 0.3) is 0 Å². The highest BCUT2D eigenvalue weighted by Crippen LogP contribution is 2.30. The van der Waals surface area contributed by atoms with Gasteiger partial charge in [0.05, 0.1) is 25.9 Å². The number of aromatic nitrogens is 1. The number of aliphatic hydroxyl groups excluding tert-OH is 1. The molecule has 0 amide bonds. The van der Waals surface area contributed by atoms with Gasteiger partial charge in [0, 0.05) is 31.1 Å². The summed E-state index contributed by atoms with van der Waals surface area (Å²) >= 11 is 0. The molecule has 0 bridgehead atoms. The van der Waals surface area contributed by atoms with E-state index >= 15 is 0 Å². The van der Waals surface area contributed by atoms with E-state index in [0.29, 0.717) is 19.8 Å². The average molecular weight is 239 g/mol. The van der Waals surface area contributed by atoms with Crippen molar-refractivity contribution in [3.8, 4) is 0 Å². The molecule has 0 aromatic carbocycles. The molecule has 1 aliphatic rings. The number of aliphatic hydroxyl groups is 1. The molecule has 1 heterocycles. The summed E-state index contributed by atoms with van der Waals surface area (Å²) in [7, 11) is 1.67. The zero-order valence-electron chi connectivity index (χ0n) is 10.4. The normalized spacial score (nSPS) is 19.3. The fourth-order valence-electron chi connectivity index (χ4n) is 2.35. The Labute approximate surface area is 102 Å². The topological polar surface area (TPSA) is 43.6 Å². The molecule has 1 unspecified atom stereocenters. The van der Waals surface area contributed by atoms with E-state index < -0.39 is 0 Å². The predicted octanol–water partition coefficient (Wildman–Crippen LogP) is 1.52. The van der Waals surface area contributed by atoms with Gasteiger partial charge in [-0.15, -0.1) is 0 Å². The largest absolute Gasteiger partial charge is 0.388 e. The fraction of sp³-hybridized carbons (Fsp3) is 0.692. The zero-order chi connectivity index (χ0) is 12.1. The molecule has 1 atom stereocenters. The van der Waals surface area contributed by atoms with Crippen LogP contribution in [-0.2, 0) is 22.4 Å². The molecule has 4 heteroatoms. The standard InChI is InChI=1S/C13H21NO3/c1-16-9-10-17-8-7-14-6-5-11-12(14)3-2-4-13(11)15/h5-6,13,15H,2-4,7-10H2,1H3. The van der Waals surface area contributed by atoms with E-state index in [0.717, 1.165) is 31.4 Å². The molecule has 0 saturated heterocycles. The van der Waals surface area contributed by atoms with E-state index in [1.807, 2.05) is 6.07 Å². The van der Waals surface area contributed by atoms with E-state index in [4.69, 9.17) is 9.47 Å². The Kier molecular flexibility index (Phi) is 4.59. The maximum Gasteiger partial charge on any atom is 0.0807 e. The van der Waals surface area contributed by atoms with Crippen LogP contribution in [0.1, 0.15) is 30.2 Å². The summed E-state index contributed by atoms with van der Waals surface area (Å²) in [6.45, 7) is 2.83. The summed E-state index contributed by atoms with van der Waals surface area (Å²) in [5, 5.41) is 9.86. The Balaban J connectivity index is 1.85. The molecule has 1 aromatic rings. The maximum absolute atomic E-state index is 9.86. The van der Waals surface area contributed by atoms with Crippen LogP contribution in [0, 0.1) is 0 Å². The first-order valence-electron chi connectivity index (χ1n) is 6.25. The number of methoxy groups -OCH3 is 1. The molecule has 0 aliphatic heterocycles. The van der Waals surface area contributed by atoms with Crippen molar-refractivity contribution in [3.05, 3.63) is 23.5 Å². The third-order valence-electron chi connectivity index (χ3n) is 3.27. The molecule has 0 saturated carbocycles. The number of rotatable bonds is 6. The minimum Gasteiger partial charge on any atom is -0.388 e. The van der Waals surface area contributed by atoms with Crippen LogP contribution in [0.3, 0.4) is 0 Å². The van der Waals surface area contributed by atoms with Crippen LogP contribution >= 0.6 is 0 Å². The molecular weight excluding hydrogens is 218 g/mol. The van der Waals surface area contributed by atoms with Gasteiger partial charge in [0.15, 0.2) is 0 Å². The van der Waals surface area contributed by atoms with Crippen molar-refractivity contribution in [3.63, 3.8) is 0 Å². The van der Waals surface area contributed by atoms with E-state index in [9.17, 15) is 5.11 Å². The zero-order valence-corrected chi connectivity index (χ0v) is 10.4. The Morgan fingerprint density at radius 3 is 3.12 bits per heavy atom. The summed E-state index contributed by atoms with van der Waals surface area (Å²) in [6.07, 6.45) is 4.81. The molecule has 1 aromatic heterocycles. The number of hydrogen-bond acceptors (Lipinski definition) is 3. The molecule has 0 spiro atoms.